The molecule has 1 aromatic carbocycles. The van der Waals surface area contributed by atoms with E-state index in [2.05, 4.69) is 6.07 Å². The number of ether oxygens (including phenoxy) is 1. The van der Waals surface area contributed by atoms with E-state index in [0.29, 0.717) is 16.0 Å². The van der Waals surface area contributed by atoms with Crippen molar-refractivity contribution in [1.82, 2.24) is 4.40 Å². The van der Waals surface area contributed by atoms with Crippen LogP contribution >= 0.6 is 11.3 Å². The summed E-state index contributed by atoms with van der Waals surface area (Å²) in [7, 11) is 0. The number of nitriles is 1. The summed E-state index contributed by atoms with van der Waals surface area (Å²) in [4.78, 5) is 12.9. The van der Waals surface area contributed by atoms with Crippen molar-refractivity contribution in [3.8, 4) is 6.07 Å². The van der Waals surface area contributed by atoms with Crippen LogP contribution in [0.5, 0.6) is 0 Å². The molecular formula is C19H12N2O2S. The van der Waals surface area contributed by atoms with E-state index in [4.69, 9.17) is 4.74 Å². The smallest absolute Gasteiger partial charge is 0.348 e. The molecular weight excluding hydrogens is 320 g/mol. The molecule has 0 unspecified atom stereocenters. The molecule has 5 heteroatoms. The third kappa shape index (κ3) is 2.43. The quantitative estimate of drug-likeness (QED) is 0.523. The highest BCUT2D eigenvalue weighted by molar-refractivity contribution is 7.20. The van der Waals surface area contributed by atoms with Gasteiger partial charge in [-0.1, -0.05) is 24.3 Å². The summed E-state index contributed by atoms with van der Waals surface area (Å²) in [5.41, 5.74) is 2.06. The number of carbonyl (C=O) groups excluding carboxylic acids is 1. The summed E-state index contributed by atoms with van der Waals surface area (Å²) in [6.07, 6.45) is 3.69. The predicted molar refractivity (Wildman–Crippen MR) is 93.1 cm³/mol. The van der Waals surface area contributed by atoms with E-state index in [1.807, 2.05) is 65.3 Å². The Morgan fingerprint density at radius 3 is 2.88 bits per heavy atom. The van der Waals surface area contributed by atoms with E-state index in [1.54, 1.807) is 0 Å². The van der Waals surface area contributed by atoms with Gasteiger partial charge >= 0.3 is 5.97 Å². The first-order valence-corrected chi connectivity index (χ1v) is 8.22. The molecule has 24 heavy (non-hydrogen) atoms. The maximum Gasteiger partial charge on any atom is 0.348 e. The van der Waals surface area contributed by atoms with Crippen LogP contribution in [0.15, 0.2) is 60.9 Å². The lowest BCUT2D eigenvalue weighted by atomic mass is 10.2. The molecule has 0 spiro atoms. The van der Waals surface area contributed by atoms with E-state index >= 15 is 0 Å². The fraction of sp³-hybridized carbons (Fsp3) is 0.0526. The second-order valence-electron chi connectivity index (χ2n) is 5.36. The van der Waals surface area contributed by atoms with Crippen LogP contribution in [-0.4, -0.2) is 10.4 Å². The van der Waals surface area contributed by atoms with Crippen LogP contribution < -0.4 is 0 Å². The van der Waals surface area contributed by atoms with Crippen molar-refractivity contribution in [1.29, 1.82) is 5.26 Å². The van der Waals surface area contributed by atoms with Crippen LogP contribution in [0, 0.1) is 11.3 Å². The molecule has 0 fully saturated rings. The Morgan fingerprint density at radius 2 is 2.04 bits per heavy atom. The van der Waals surface area contributed by atoms with Gasteiger partial charge in [0.2, 0.25) is 0 Å². The Bertz CT molecular complexity index is 1070. The lowest BCUT2D eigenvalue weighted by Gasteiger charge is -2.01. The molecule has 3 heterocycles. The minimum atomic E-state index is -0.365. The summed E-state index contributed by atoms with van der Waals surface area (Å²) >= 11 is 1.41. The van der Waals surface area contributed by atoms with Gasteiger partial charge in [0.05, 0.1) is 11.1 Å². The van der Waals surface area contributed by atoms with E-state index in [1.165, 1.54) is 11.3 Å². The Labute approximate surface area is 142 Å². The van der Waals surface area contributed by atoms with Gasteiger partial charge in [-0.05, 0) is 29.7 Å². The number of thiophene rings is 1. The Balaban J connectivity index is 1.58. The summed E-state index contributed by atoms with van der Waals surface area (Å²) in [5, 5.41) is 10.4. The Hall–Kier alpha value is -3.10. The van der Waals surface area contributed by atoms with Gasteiger partial charge in [0.25, 0.3) is 0 Å². The number of carbonyl (C=O) groups is 1. The molecule has 0 aliphatic heterocycles. The van der Waals surface area contributed by atoms with E-state index in [9.17, 15) is 10.1 Å². The zero-order chi connectivity index (χ0) is 16.5. The standard InChI is InChI=1S/C19H12N2O2S/c20-10-15-14(11-21-8-4-3-6-16(15)21)12-23-19(22)18-9-13-5-1-2-7-17(13)24-18/h1-9,11H,12H2. The van der Waals surface area contributed by atoms with Crippen LogP contribution in [0.3, 0.4) is 0 Å². The molecule has 116 valence electrons. The number of nitrogens with zero attached hydrogens (tertiary/aromatic N) is 2. The maximum absolute atomic E-state index is 12.3. The number of hydrogen-bond acceptors (Lipinski definition) is 4. The number of hydrogen-bond donors (Lipinski definition) is 0. The molecule has 0 aliphatic rings. The first-order chi connectivity index (χ1) is 11.8. The van der Waals surface area contributed by atoms with Gasteiger partial charge in [-0.25, -0.2) is 4.79 Å². The molecule has 0 atom stereocenters. The number of aromatic nitrogens is 1. The van der Waals surface area contributed by atoms with Gasteiger partial charge in [0.15, 0.2) is 0 Å². The molecule has 0 bridgehead atoms. The summed E-state index contributed by atoms with van der Waals surface area (Å²) in [5.74, 6) is -0.365. The average molecular weight is 332 g/mol. The topological polar surface area (TPSA) is 54.5 Å². The first kappa shape index (κ1) is 14.5. The second kappa shape index (κ2) is 5.84. The zero-order valence-electron chi connectivity index (χ0n) is 12.6. The number of esters is 1. The van der Waals surface area contributed by atoms with E-state index < -0.39 is 0 Å². The lowest BCUT2D eigenvalue weighted by Crippen LogP contribution is -2.03. The van der Waals surface area contributed by atoms with Crippen molar-refractivity contribution < 1.29 is 9.53 Å². The van der Waals surface area contributed by atoms with Gasteiger partial charge in [-0.2, -0.15) is 5.26 Å². The van der Waals surface area contributed by atoms with Crippen molar-refractivity contribution in [2.45, 2.75) is 6.61 Å². The van der Waals surface area contributed by atoms with E-state index in [0.717, 1.165) is 15.6 Å². The van der Waals surface area contributed by atoms with Crippen LogP contribution in [-0.2, 0) is 11.3 Å². The van der Waals surface area contributed by atoms with E-state index in [-0.39, 0.29) is 12.6 Å². The number of fused-ring (bicyclic) bond motifs is 2. The third-order valence-corrected chi connectivity index (χ3v) is 4.96. The van der Waals surface area contributed by atoms with Crippen molar-refractivity contribution in [3.05, 3.63) is 76.9 Å². The van der Waals surface area contributed by atoms with Crippen molar-refractivity contribution in [3.63, 3.8) is 0 Å². The highest BCUT2D eigenvalue weighted by Gasteiger charge is 2.15. The minimum Gasteiger partial charge on any atom is -0.457 e. The number of pyridine rings is 1. The van der Waals surface area contributed by atoms with Gasteiger partial charge in [0, 0.05) is 22.7 Å². The molecule has 3 aromatic heterocycles. The van der Waals surface area contributed by atoms with Crippen LogP contribution in [0.4, 0.5) is 0 Å². The average Bonchev–Trinajstić information content (AvgIpc) is 3.20. The highest BCUT2D eigenvalue weighted by Crippen LogP contribution is 2.26. The normalized spacial score (nSPS) is 10.8. The molecule has 0 saturated heterocycles. The lowest BCUT2D eigenvalue weighted by molar-refractivity contribution is 0.0478. The molecule has 4 aromatic rings. The predicted octanol–water partition coefficient (Wildman–Crippen LogP) is 4.38. The fourth-order valence-electron chi connectivity index (χ4n) is 2.71. The SMILES string of the molecule is N#Cc1c(COC(=O)c2cc3ccccc3s2)cn2ccccc12. The van der Waals surface area contributed by atoms with Crippen LogP contribution in [0.25, 0.3) is 15.6 Å². The first-order valence-electron chi connectivity index (χ1n) is 7.40. The van der Waals surface area contributed by atoms with Crippen molar-refractivity contribution in [2.24, 2.45) is 0 Å². The Kier molecular flexibility index (Phi) is 3.52. The molecule has 0 radical (unpaired) electrons. The second-order valence-corrected chi connectivity index (χ2v) is 6.44. The van der Waals surface area contributed by atoms with Crippen molar-refractivity contribution >= 4 is 32.9 Å². The molecule has 0 N–H and O–H groups in total. The summed E-state index contributed by atoms with van der Waals surface area (Å²) in [6.45, 7) is 0.0810. The number of benzene rings is 1. The largest absolute Gasteiger partial charge is 0.457 e. The summed E-state index contributed by atoms with van der Waals surface area (Å²) in [6, 6.07) is 17.5. The third-order valence-electron chi connectivity index (χ3n) is 3.86. The maximum atomic E-state index is 12.3. The molecule has 4 rings (SSSR count). The monoisotopic (exact) mass is 332 g/mol. The van der Waals surface area contributed by atoms with Crippen LogP contribution in [0.2, 0.25) is 0 Å². The zero-order valence-corrected chi connectivity index (χ0v) is 13.4. The molecule has 0 aliphatic carbocycles. The van der Waals surface area contributed by atoms with Gasteiger partial charge in [-0.15, -0.1) is 11.3 Å². The molecule has 0 amide bonds. The van der Waals surface area contributed by atoms with Gasteiger partial charge < -0.3 is 9.14 Å². The van der Waals surface area contributed by atoms with Gasteiger partial charge in [0.1, 0.15) is 17.6 Å². The summed E-state index contributed by atoms with van der Waals surface area (Å²) < 4.78 is 8.34. The van der Waals surface area contributed by atoms with Crippen molar-refractivity contribution in [2.75, 3.05) is 0 Å². The molecule has 4 nitrogen and oxygen atoms in total. The molecule has 0 saturated carbocycles. The van der Waals surface area contributed by atoms with Gasteiger partial charge in [-0.3, -0.25) is 0 Å². The number of rotatable bonds is 3. The van der Waals surface area contributed by atoms with Crippen LogP contribution in [0.1, 0.15) is 20.8 Å². The highest BCUT2D eigenvalue weighted by atomic mass is 32.1. The minimum absolute atomic E-state index is 0.0810. The fourth-order valence-corrected chi connectivity index (χ4v) is 3.67. The Morgan fingerprint density at radius 1 is 1.21 bits per heavy atom.